The van der Waals surface area contributed by atoms with E-state index in [1.54, 1.807) is 24.7 Å². The minimum atomic E-state index is -1.13. The molecule has 0 unspecified atom stereocenters. The van der Waals surface area contributed by atoms with Crippen LogP contribution in [0.1, 0.15) is 19.3 Å². The summed E-state index contributed by atoms with van der Waals surface area (Å²) in [7, 11) is 0. The van der Waals surface area contributed by atoms with Crippen molar-refractivity contribution in [1.82, 2.24) is 40.1 Å². The van der Waals surface area contributed by atoms with Gasteiger partial charge >= 0.3 is 0 Å². The Bertz CT molecular complexity index is 1310. The minimum absolute atomic E-state index is 0.103. The van der Waals surface area contributed by atoms with Crippen molar-refractivity contribution in [2.24, 2.45) is 0 Å². The molecule has 0 amide bonds. The molecule has 1 aliphatic heterocycles. The molecule has 1 saturated heterocycles. The highest BCUT2D eigenvalue weighted by Crippen LogP contribution is 2.31. The number of anilines is 1. The van der Waals surface area contributed by atoms with Crippen molar-refractivity contribution in [2.75, 3.05) is 32.0 Å². The van der Waals surface area contributed by atoms with Gasteiger partial charge in [-0.25, -0.2) is 19.3 Å². The number of rotatable bonds is 7. The fraction of sp³-hybridized carbons (Fsp3) is 0.304. The molecule has 1 fully saturated rings. The maximum absolute atomic E-state index is 15.1. The third-order valence-electron chi connectivity index (χ3n) is 5.89. The van der Waals surface area contributed by atoms with E-state index in [0.29, 0.717) is 23.2 Å². The van der Waals surface area contributed by atoms with E-state index in [4.69, 9.17) is 10.5 Å². The number of nitrogens with two attached hydrogens (primary N) is 1. The average Bonchev–Trinajstić information content (AvgIpc) is 3.37. The zero-order valence-corrected chi connectivity index (χ0v) is 18.8. The molecule has 3 aromatic heterocycles. The van der Waals surface area contributed by atoms with Crippen LogP contribution in [0.25, 0.3) is 28.2 Å². The van der Waals surface area contributed by atoms with Crippen molar-refractivity contribution in [1.29, 1.82) is 0 Å². The summed E-state index contributed by atoms with van der Waals surface area (Å²) in [6.45, 7) is 2.93. The predicted molar refractivity (Wildman–Crippen MR) is 124 cm³/mol. The number of nitrogen functional groups attached to an aromatic ring is 1. The lowest BCUT2D eigenvalue weighted by Gasteiger charge is -2.26. The van der Waals surface area contributed by atoms with Gasteiger partial charge in [0.15, 0.2) is 17.4 Å². The van der Waals surface area contributed by atoms with Gasteiger partial charge in [0.05, 0.1) is 5.56 Å². The van der Waals surface area contributed by atoms with Gasteiger partial charge in [0.1, 0.15) is 24.4 Å². The first-order valence-corrected chi connectivity index (χ1v) is 11.2. The van der Waals surface area contributed by atoms with Gasteiger partial charge in [0, 0.05) is 36.3 Å². The molecule has 2 N–H and O–H groups in total. The summed E-state index contributed by atoms with van der Waals surface area (Å²) in [4.78, 5) is 14.4. The lowest BCUT2D eigenvalue weighted by atomic mass is 10.1. The molecule has 12 heteroatoms. The monoisotopic (exact) mass is 479 g/mol. The van der Waals surface area contributed by atoms with Crippen molar-refractivity contribution in [2.45, 2.75) is 19.3 Å². The summed E-state index contributed by atoms with van der Waals surface area (Å²) >= 11 is 0. The lowest BCUT2D eigenvalue weighted by molar-refractivity contribution is 0.179. The molecule has 0 bridgehead atoms. The van der Waals surface area contributed by atoms with Gasteiger partial charge < -0.3 is 10.5 Å². The van der Waals surface area contributed by atoms with Crippen LogP contribution in [-0.4, -0.2) is 66.3 Å². The number of hydrogen-bond donors (Lipinski definition) is 1. The lowest BCUT2D eigenvalue weighted by Crippen LogP contribution is -2.33. The number of piperidine rings is 1. The number of aromatic nitrogens is 7. The molecule has 1 aliphatic rings. The van der Waals surface area contributed by atoms with E-state index in [0.717, 1.165) is 30.6 Å². The van der Waals surface area contributed by atoms with Crippen molar-refractivity contribution in [3.63, 3.8) is 0 Å². The Balaban J connectivity index is 1.41. The molecule has 10 nitrogen and oxygen atoms in total. The van der Waals surface area contributed by atoms with Crippen molar-refractivity contribution >= 4 is 5.82 Å². The number of hydrogen-bond acceptors (Lipinski definition) is 9. The van der Waals surface area contributed by atoms with E-state index >= 15 is 4.39 Å². The molecule has 35 heavy (non-hydrogen) atoms. The number of tetrazole rings is 1. The molecule has 0 spiro atoms. The standard InChI is InChI=1S/C23H23F2N9O/c24-20-18(4-5-19(21(20)25)35-9-8-33-6-2-1-3-7-33)34-23(30-31-32-34)17-10-15(13-29-22(17)26)16-11-27-14-28-12-16/h4-5,10-14H,1-3,6-9H2,(H2,26,29). The maximum atomic E-state index is 15.1. The summed E-state index contributed by atoms with van der Waals surface area (Å²) in [5.41, 5.74) is 7.59. The van der Waals surface area contributed by atoms with Crippen LogP contribution in [0, 0.1) is 11.6 Å². The Morgan fingerprint density at radius 2 is 1.77 bits per heavy atom. The quantitative estimate of drug-likeness (QED) is 0.426. The average molecular weight is 479 g/mol. The summed E-state index contributed by atoms with van der Waals surface area (Å²) in [5.74, 6) is -2.17. The van der Waals surface area contributed by atoms with Crippen LogP contribution >= 0.6 is 0 Å². The van der Waals surface area contributed by atoms with Crippen molar-refractivity contribution in [3.05, 3.63) is 54.8 Å². The number of ether oxygens (including phenoxy) is 1. The fourth-order valence-corrected chi connectivity index (χ4v) is 4.04. The molecule has 0 atom stereocenters. The Morgan fingerprint density at radius 3 is 2.57 bits per heavy atom. The number of halogens is 2. The number of benzene rings is 1. The van der Waals surface area contributed by atoms with Crippen LogP contribution in [0.5, 0.6) is 5.75 Å². The van der Waals surface area contributed by atoms with Gasteiger partial charge in [-0.15, -0.1) is 5.10 Å². The Hall–Kier alpha value is -4.06. The van der Waals surface area contributed by atoms with Gasteiger partial charge in [-0.2, -0.15) is 9.07 Å². The Morgan fingerprint density at radius 1 is 0.971 bits per heavy atom. The molecule has 4 aromatic rings. The van der Waals surface area contributed by atoms with Gasteiger partial charge in [-0.1, -0.05) is 6.42 Å². The zero-order valence-electron chi connectivity index (χ0n) is 18.8. The molecule has 180 valence electrons. The normalized spacial score (nSPS) is 14.2. The second-order valence-corrected chi connectivity index (χ2v) is 8.16. The maximum Gasteiger partial charge on any atom is 0.202 e. The highest BCUT2D eigenvalue weighted by molar-refractivity contribution is 5.76. The fourth-order valence-electron chi connectivity index (χ4n) is 4.04. The largest absolute Gasteiger partial charge is 0.489 e. The van der Waals surface area contributed by atoms with Crippen LogP contribution in [0.4, 0.5) is 14.6 Å². The van der Waals surface area contributed by atoms with Crippen LogP contribution in [0.3, 0.4) is 0 Å². The zero-order chi connectivity index (χ0) is 24.2. The third-order valence-corrected chi connectivity index (χ3v) is 5.89. The molecular formula is C23H23F2N9O. The minimum Gasteiger partial charge on any atom is -0.489 e. The van der Waals surface area contributed by atoms with Gasteiger partial charge in [-0.3, -0.25) is 4.90 Å². The van der Waals surface area contributed by atoms with E-state index in [1.807, 2.05) is 0 Å². The first-order chi connectivity index (χ1) is 17.1. The second kappa shape index (κ2) is 10.1. The molecule has 0 saturated carbocycles. The summed E-state index contributed by atoms with van der Waals surface area (Å²) in [6.07, 6.45) is 9.72. The number of nitrogens with zero attached hydrogens (tertiary/aromatic N) is 8. The first kappa shape index (κ1) is 22.7. The highest BCUT2D eigenvalue weighted by Gasteiger charge is 2.22. The van der Waals surface area contributed by atoms with Gasteiger partial charge in [-0.05, 0) is 54.6 Å². The van der Waals surface area contributed by atoms with Crippen molar-refractivity contribution < 1.29 is 13.5 Å². The summed E-state index contributed by atoms with van der Waals surface area (Å²) in [6, 6.07) is 4.43. The topological polar surface area (TPSA) is 121 Å². The van der Waals surface area contributed by atoms with E-state index in [-0.39, 0.29) is 29.7 Å². The third kappa shape index (κ3) is 4.78. The first-order valence-electron chi connectivity index (χ1n) is 11.2. The number of pyridine rings is 1. The molecule has 1 aromatic carbocycles. The highest BCUT2D eigenvalue weighted by atomic mass is 19.2. The SMILES string of the molecule is Nc1ncc(-c2cncnc2)cc1-c1nnnn1-c1ccc(OCCN2CCCCC2)c(F)c1F. The van der Waals surface area contributed by atoms with E-state index in [1.165, 1.54) is 24.9 Å². The summed E-state index contributed by atoms with van der Waals surface area (Å²) < 4.78 is 36.6. The predicted octanol–water partition coefficient (Wildman–Crippen LogP) is 2.91. The molecule has 0 aliphatic carbocycles. The summed E-state index contributed by atoms with van der Waals surface area (Å²) in [5, 5.41) is 11.5. The van der Waals surface area contributed by atoms with E-state index in [2.05, 4.69) is 35.4 Å². The molecule has 5 rings (SSSR count). The van der Waals surface area contributed by atoms with Gasteiger partial charge in [0.25, 0.3) is 0 Å². The van der Waals surface area contributed by atoms with Crippen LogP contribution in [0.15, 0.2) is 43.1 Å². The van der Waals surface area contributed by atoms with Crippen LogP contribution in [0.2, 0.25) is 0 Å². The molecule has 4 heterocycles. The van der Waals surface area contributed by atoms with Crippen LogP contribution in [-0.2, 0) is 0 Å². The number of likely N-dealkylation sites (tertiary alicyclic amines) is 1. The Labute approximate surface area is 199 Å². The van der Waals surface area contributed by atoms with E-state index in [9.17, 15) is 4.39 Å². The smallest absolute Gasteiger partial charge is 0.202 e. The molecule has 0 radical (unpaired) electrons. The Kier molecular flexibility index (Phi) is 6.53. The van der Waals surface area contributed by atoms with Gasteiger partial charge in [0.2, 0.25) is 5.82 Å². The molecular weight excluding hydrogens is 456 g/mol. The van der Waals surface area contributed by atoms with E-state index < -0.39 is 11.6 Å². The van der Waals surface area contributed by atoms with Crippen molar-refractivity contribution in [3.8, 4) is 34.0 Å². The van der Waals surface area contributed by atoms with Crippen LogP contribution < -0.4 is 10.5 Å². The second-order valence-electron chi connectivity index (χ2n) is 8.16.